The standard InChI is InChI=1S/C22H23N3O3/c1-22(2,23)19(21(27)25-28)24-20(26)18-14-12-17(13-15-18)11-7-6-10-16-8-4-3-5-9-16/h3-6,8-10,12-15,19,28H,23H2,1-2H3,(H,24,26)(H,25,27)/b10-6+. The van der Waals surface area contributed by atoms with Crippen LogP contribution in [0.15, 0.2) is 60.7 Å². The minimum absolute atomic E-state index is 0.352. The van der Waals surface area contributed by atoms with Crippen molar-refractivity contribution in [3.05, 3.63) is 77.4 Å². The van der Waals surface area contributed by atoms with Gasteiger partial charge in [0.15, 0.2) is 0 Å². The summed E-state index contributed by atoms with van der Waals surface area (Å²) in [5, 5.41) is 11.4. The molecule has 0 saturated heterocycles. The maximum Gasteiger partial charge on any atom is 0.267 e. The first kappa shape index (κ1) is 20.9. The van der Waals surface area contributed by atoms with Crippen LogP contribution in [0.4, 0.5) is 0 Å². The second-order valence-electron chi connectivity index (χ2n) is 6.79. The van der Waals surface area contributed by atoms with Crippen molar-refractivity contribution in [1.82, 2.24) is 10.8 Å². The molecule has 5 N–H and O–H groups in total. The van der Waals surface area contributed by atoms with Crippen LogP contribution in [0, 0.1) is 11.8 Å². The fraction of sp³-hybridized carbons (Fsp3) is 0.182. The van der Waals surface area contributed by atoms with Crippen LogP contribution in [-0.4, -0.2) is 28.6 Å². The molecule has 0 aliphatic heterocycles. The molecule has 2 aromatic carbocycles. The Balaban J connectivity index is 2.04. The molecule has 2 amide bonds. The summed E-state index contributed by atoms with van der Waals surface area (Å²) < 4.78 is 0. The van der Waals surface area contributed by atoms with Crippen molar-refractivity contribution >= 4 is 17.9 Å². The second-order valence-corrected chi connectivity index (χ2v) is 6.79. The quantitative estimate of drug-likeness (QED) is 0.364. The van der Waals surface area contributed by atoms with Crippen LogP contribution in [0.2, 0.25) is 0 Å². The molecule has 0 spiro atoms. The third-order valence-corrected chi connectivity index (χ3v) is 3.91. The van der Waals surface area contributed by atoms with Crippen LogP contribution in [0.1, 0.15) is 35.3 Å². The first-order chi connectivity index (χ1) is 13.3. The van der Waals surface area contributed by atoms with E-state index < -0.39 is 23.4 Å². The number of carbonyl (C=O) groups is 2. The van der Waals surface area contributed by atoms with Crippen molar-refractivity contribution in [2.45, 2.75) is 25.4 Å². The van der Waals surface area contributed by atoms with Crippen molar-refractivity contribution < 1.29 is 14.8 Å². The monoisotopic (exact) mass is 377 g/mol. The minimum Gasteiger partial charge on any atom is -0.338 e. The molecule has 0 radical (unpaired) electrons. The zero-order valence-corrected chi connectivity index (χ0v) is 15.8. The average Bonchev–Trinajstić information content (AvgIpc) is 2.69. The summed E-state index contributed by atoms with van der Waals surface area (Å²) in [6.07, 6.45) is 3.67. The van der Waals surface area contributed by atoms with E-state index in [0.717, 1.165) is 11.1 Å². The van der Waals surface area contributed by atoms with Crippen LogP contribution < -0.4 is 16.5 Å². The molecule has 1 atom stereocenters. The van der Waals surface area contributed by atoms with Gasteiger partial charge in [0, 0.05) is 16.7 Å². The Morgan fingerprint density at radius 2 is 1.75 bits per heavy atom. The zero-order valence-electron chi connectivity index (χ0n) is 15.8. The molecule has 6 nitrogen and oxygen atoms in total. The maximum atomic E-state index is 12.4. The van der Waals surface area contributed by atoms with Gasteiger partial charge in [0.2, 0.25) is 0 Å². The highest BCUT2D eigenvalue weighted by molar-refractivity contribution is 5.97. The number of hydrogen-bond acceptors (Lipinski definition) is 4. The molecule has 144 valence electrons. The number of benzene rings is 2. The van der Waals surface area contributed by atoms with Crippen LogP contribution >= 0.6 is 0 Å². The summed E-state index contributed by atoms with van der Waals surface area (Å²) in [4.78, 5) is 24.1. The number of nitrogens with one attached hydrogen (secondary N) is 2. The van der Waals surface area contributed by atoms with Gasteiger partial charge in [-0.1, -0.05) is 42.2 Å². The van der Waals surface area contributed by atoms with E-state index in [-0.39, 0.29) is 0 Å². The van der Waals surface area contributed by atoms with Gasteiger partial charge in [-0.2, -0.15) is 0 Å². The highest BCUT2D eigenvalue weighted by Gasteiger charge is 2.33. The molecule has 0 fully saturated rings. The lowest BCUT2D eigenvalue weighted by Crippen LogP contribution is -2.61. The van der Waals surface area contributed by atoms with Gasteiger partial charge in [-0.15, -0.1) is 0 Å². The van der Waals surface area contributed by atoms with Crippen molar-refractivity contribution in [3.63, 3.8) is 0 Å². The Labute approximate surface area is 164 Å². The molecule has 0 heterocycles. The van der Waals surface area contributed by atoms with E-state index in [1.807, 2.05) is 36.4 Å². The predicted molar refractivity (Wildman–Crippen MR) is 108 cm³/mol. The molecular weight excluding hydrogens is 354 g/mol. The molecule has 0 bridgehead atoms. The summed E-state index contributed by atoms with van der Waals surface area (Å²) in [6, 6.07) is 15.4. The summed E-state index contributed by atoms with van der Waals surface area (Å²) in [5.41, 5.74) is 8.53. The van der Waals surface area contributed by atoms with E-state index in [0.29, 0.717) is 5.56 Å². The lowest BCUT2D eigenvalue weighted by atomic mass is 9.95. The highest BCUT2D eigenvalue weighted by atomic mass is 16.5. The van der Waals surface area contributed by atoms with Crippen molar-refractivity contribution in [1.29, 1.82) is 0 Å². The minimum atomic E-state index is -1.09. The lowest BCUT2D eigenvalue weighted by Gasteiger charge is -2.29. The van der Waals surface area contributed by atoms with Gasteiger partial charge < -0.3 is 11.1 Å². The first-order valence-corrected chi connectivity index (χ1v) is 8.68. The first-order valence-electron chi connectivity index (χ1n) is 8.68. The average molecular weight is 377 g/mol. The Hall–Kier alpha value is -3.40. The van der Waals surface area contributed by atoms with Crippen LogP contribution in [0.25, 0.3) is 6.08 Å². The van der Waals surface area contributed by atoms with E-state index in [1.54, 1.807) is 44.2 Å². The molecule has 1 unspecified atom stereocenters. The molecule has 2 aromatic rings. The Morgan fingerprint density at radius 1 is 1.11 bits per heavy atom. The normalized spacial score (nSPS) is 12.0. The third kappa shape index (κ3) is 6.09. The molecular formula is C22H23N3O3. The summed E-state index contributed by atoms with van der Waals surface area (Å²) in [5.74, 6) is 4.67. The number of nitrogens with two attached hydrogens (primary N) is 1. The fourth-order valence-electron chi connectivity index (χ4n) is 2.40. The summed E-state index contributed by atoms with van der Waals surface area (Å²) in [6.45, 7) is 3.16. The van der Waals surface area contributed by atoms with Gasteiger partial charge in [0.1, 0.15) is 6.04 Å². The van der Waals surface area contributed by atoms with Crippen LogP contribution in [0.3, 0.4) is 0 Å². The zero-order chi connectivity index (χ0) is 20.6. The van der Waals surface area contributed by atoms with Gasteiger partial charge in [-0.25, -0.2) is 5.48 Å². The number of amides is 2. The molecule has 0 saturated carbocycles. The molecule has 0 aromatic heterocycles. The molecule has 6 heteroatoms. The largest absolute Gasteiger partial charge is 0.338 e. The van der Waals surface area contributed by atoms with E-state index in [4.69, 9.17) is 10.9 Å². The molecule has 0 aliphatic rings. The van der Waals surface area contributed by atoms with Crippen molar-refractivity contribution in [2.24, 2.45) is 5.73 Å². The number of hydrogen-bond donors (Lipinski definition) is 4. The fourth-order valence-corrected chi connectivity index (χ4v) is 2.40. The van der Waals surface area contributed by atoms with Crippen molar-refractivity contribution in [3.8, 4) is 11.8 Å². The van der Waals surface area contributed by atoms with E-state index in [1.165, 1.54) is 5.48 Å². The number of carbonyl (C=O) groups excluding carboxylic acids is 2. The van der Waals surface area contributed by atoms with Gasteiger partial charge in [0.25, 0.3) is 11.8 Å². The van der Waals surface area contributed by atoms with Crippen LogP contribution in [0.5, 0.6) is 0 Å². The molecule has 2 rings (SSSR count). The van der Waals surface area contributed by atoms with Crippen LogP contribution in [-0.2, 0) is 4.79 Å². The highest BCUT2D eigenvalue weighted by Crippen LogP contribution is 2.09. The topological polar surface area (TPSA) is 104 Å². The lowest BCUT2D eigenvalue weighted by molar-refractivity contribution is -0.132. The SMILES string of the molecule is CC(C)(N)C(NC(=O)c1ccc(C#C/C=C/c2ccccc2)cc1)C(=O)NO. The van der Waals surface area contributed by atoms with Gasteiger partial charge in [-0.05, 0) is 55.8 Å². The number of rotatable bonds is 5. The van der Waals surface area contributed by atoms with E-state index >= 15 is 0 Å². The second kappa shape index (κ2) is 9.51. The smallest absolute Gasteiger partial charge is 0.267 e. The Kier molecular flexibility index (Phi) is 7.10. The van der Waals surface area contributed by atoms with E-state index in [2.05, 4.69) is 17.2 Å². The van der Waals surface area contributed by atoms with Gasteiger partial charge >= 0.3 is 0 Å². The van der Waals surface area contributed by atoms with Gasteiger partial charge in [-0.3, -0.25) is 14.8 Å². The number of allylic oxidation sites excluding steroid dienone is 1. The maximum absolute atomic E-state index is 12.4. The summed E-state index contributed by atoms with van der Waals surface area (Å²) >= 11 is 0. The predicted octanol–water partition coefficient (Wildman–Crippen LogP) is 2.09. The molecule has 28 heavy (non-hydrogen) atoms. The Bertz CT molecular complexity index is 902. The van der Waals surface area contributed by atoms with E-state index in [9.17, 15) is 9.59 Å². The Morgan fingerprint density at radius 3 is 2.32 bits per heavy atom. The number of hydroxylamine groups is 1. The summed E-state index contributed by atoms with van der Waals surface area (Å²) in [7, 11) is 0. The molecule has 0 aliphatic carbocycles. The third-order valence-electron chi connectivity index (χ3n) is 3.91. The van der Waals surface area contributed by atoms with Crippen molar-refractivity contribution in [2.75, 3.05) is 0 Å². The van der Waals surface area contributed by atoms with Gasteiger partial charge in [0.05, 0.1) is 0 Å².